The van der Waals surface area contributed by atoms with Crippen LogP contribution in [0.3, 0.4) is 0 Å². The largest absolute Gasteiger partial charge is 0.377 e. The second kappa shape index (κ2) is 4.57. The maximum Gasteiger partial charge on any atom is 0.239 e. The molecule has 0 spiro atoms. The molecular weight excluding hydrogens is 180 g/mol. The van der Waals surface area contributed by atoms with Crippen molar-refractivity contribution >= 4 is 5.91 Å². The average molecular weight is 198 g/mol. The van der Waals surface area contributed by atoms with Crippen LogP contribution in [0, 0.1) is 0 Å². The van der Waals surface area contributed by atoms with E-state index in [1.165, 1.54) is 0 Å². The molecule has 1 aliphatic heterocycles. The van der Waals surface area contributed by atoms with E-state index >= 15 is 0 Å². The topological polar surface area (TPSA) is 64.4 Å². The van der Waals surface area contributed by atoms with Crippen LogP contribution in [-0.4, -0.2) is 31.2 Å². The van der Waals surface area contributed by atoms with Gasteiger partial charge in [-0.1, -0.05) is 6.08 Å². The number of rotatable bonds is 3. The van der Waals surface area contributed by atoms with Gasteiger partial charge in [0.05, 0.1) is 18.8 Å². The van der Waals surface area contributed by atoms with E-state index in [0.717, 1.165) is 18.6 Å². The highest BCUT2D eigenvalue weighted by atomic mass is 16.5. The SMILES string of the molecule is CC(C)(N)C(=O)NCC1=CCCOC1. The van der Waals surface area contributed by atoms with Crippen LogP contribution in [-0.2, 0) is 9.53 Å². The van der Waals surface area contributed by atoms with Gasteiger partial charge >= 0.3 is 0 Å². The van der Waals surface area contributed by atoms with Gasteiger partial charge < -0.3 is 15.8 Å². The zero-order valence-corrected chi connectivity index (χ0v) is 8.80. The highest BCUT2D eigenvalue weighted by Gasteiger charge is 2.21. The van der Waals surface area contributed by atoms with Crippen LogP contribution in [0.15, 0.2) is 11.6 Å². The molecule has 1 aliphatic rings. The molecule has 0 saturated heterocycles. The summed E-state index contributed by atoms with van der Waals surface area (Å²) >= 11 is 0. The summed E-state index contributed by atoms with van der Waals surface area (Å²) in [6.07, 6.45) is 3.03. The molecule has 0 aromatic heterocycles. The van der Waals surface area contributed by atoms with Crippen molar-refractivity contribution in [3.05, 3.63) is 11.6 Å². The molecule has 0 atom stereocenters. The van der Waals surface area contributed by atoms with Crippen molar-refractivity contribution in [1.82, 2.24) is 5.32 Å². The summed E-state index contributed by atoms with van der Waals surface area (Å²) in [7, 11) is 0. The Hall–Kier alpha value is -0.870. The van der Waals surface area contributed by atoms with Crippen LogP contribution in [0.5, 0.6) is 0 Å². The maximum atomic E-state index is 11.4. The monoisotopic (exact) mass is 198 g/mol. The third-order valence-electron chi connectivity index (χ3n) is 2.04. The van der Waals surface area contributed by atoms with E-state index < -0.39 is 5.54 Å². The number of amides is 1. The van der Waals surface area contributed by atoms with E-state index in [4.69, 9.17) is 10.5 Å². The quantitative estimate of drug-likeness (QED) is 0.636. The van der Waals surface area contributed by atoms with Crippen molar-refractivity contribution in [1.29, 1.82) is 0 Å². The normalized spacial score (nSPS) is 17.5. The minimum absolute atomic E-state index is 0.135. The van der Waals surface area contributed by atoms with Crippen molar-refractivity contribution in [3.8, 4) is 0 Å². The van der Waals surface area contributed by atoms with Crippen LogP contribution in [0.2, 0.25) is 0 Å². The number of hydrogen-bond donors (Lipinski definition) is 2. The Morgan fingerprint density at radius 3 is 2.93 bits per heavy atom. The van der Waals surface area contributed by atoms with E-state index in [9.17, 15) is 4.79 Å². The summed E-state index contributed by atoms with van der Waals surface area (Å²) in [5.41, 5.74) is 5.94. The number of ether oxygens (including phenoxy) is 1. The molecule has 4 nitrogen and oxygen atoms in total. The van der Waals surface area contributed by atoms with Crippen molar-refractivity contribution < 1.29 is 9.53 Å². The first-order valence-electron chi connectivity index (χ1n) is 4.83. The third kappa shape index (κ3) is 3.47. The Bertz CT molecular complexity index is 241. The van der Waals surface area contributed by atoms with Crippen LogP contribution < -0.4 is 11.1 Å². The van der Waals surface area contributed by atoms with Gasteiger partial charge in [0.1, 0.15) is 0 Å². The summed E-state index contributed by atoms with van der Waals surface area (Å²) in [5, 5.41) is 2.78. The van der Waals surface area contributed by atoms with Gasteiger partial charge in [0, 0.05) is 6.54 Å². The lowest BCUT2D eigenvalue weighted by atomic mass is 10.1. The van der Waals surface area contributed by atoms with E-state index in [1.54, 1.807) is 13.8 Å². The Balaban J connectivity index is 2.33. The molecule has 0 fully saturated rings. The van der Waals surface area contributed by atoms with E-state index in [1.807, 2.05) is 0 Å². The molecule has 80 valence electrons. The van der Waals surface area contributed by atoms with Gasteiger partial charge in [0.25, 0.3) is 0 Å². The molecule has 1 rings (SSSR count). The first-order chi connectivity index (χ1) is 6.50. The van der Waals surface area contributed by atoms with E-state index in [2.05, 4.69) is 11.4 Å². The van der Waals surface area contributed by atoms with Crippen molar-refractivity contribution in [3.63, 3.8) is 0 Å². The third-order valence-corrected chi connectivity index (χ3v) is 2.04. The number of nitrogens with two attached hydrogens (primary N) is 1. The lowest BCUT2D eigenvalue weighted by Gasteiger charge is -2.19. The molecular formula is C10H18N2O2. The van der Waals surface area contributed by atoms with Crippen molar-refractivity contribution in [2.24, 2.45) is 5.73 Å². The zero-order chi connectivity index (χ0) is 10.6. The van der Waals surface area contributed by atoms with Gasteiger partial charge in [-0.25, -0.2) is 0 Å². The Labute approximate surface area is 84.5 Å². The summed E-state index contributed by atoms with van der Waals surface area (Å²) in [5.74, 6) is -0.135. The first kappa shape index (κ1) is 11.2. The first-order valence-corrected chi connectivity index (χ1v) is 4.83. The standard InChI is InChI=1S/C10H18N2O2/c1-10(2,11)9(13)12-6-8-4-3-5-14-7-8/h4H,3,5-7,11H2,1-2H3,(H,12,13). The molecule has 0 radical (unpaired) electrons. The maximum absolute atomic E-state index is 11.4. The second-order valence-electron chi connectivity index (χ2n) is 4.11. The predicted molar refractivity (Wildman–Crippen MR) is 54.8 cm³/mol. The molecule has 0 aromatic carbocycles. The zero-order valence-electron chi connectivity index (χ0n) is 8.80. The second-order valence-corrected chi connectivity index (χ2v) is 4.11. The minimum atomic E-state index is -0.809. The molecule has 14 heavy (non-hydrogen) atoms. The number of hydrogen-bond acceptors (Lipinski definition) is 3. The fourth-order valence-electron chi connectivity index (χ4n) is 1.15. The van der Waals surface area contributed by atoms with E-state index in [0.29, 0.717) is 13.2 Å². The Morgan fingerprint density at radius 1 is 1.71 bits per heavy atom. The predicted octanol–water partition coefficient (Wildman–Crippen LogP) is 0.187. The summed E-state index contributed by atoms with van der Waals surface area (Å²) in [6, 6.07) is 0. The van der Waals surface area contributed by atoms with Gasteiger partial charge in [-0.3, -0.25) is 4.79 Å². The lowest BCUT2D eigenvalue weighted by molar-refractivity contribution is -0.125. The van der Waals surface area contributed by atoms with Gasteiger partial charge in [-0.2, -0.15) is 0 Å². The highest BCUT2D eigenvalue weighted by molar-refractivity contribution is 5.85. The van der Waals surface area contributed by atoms with Crippen molar-refractivity contribution in [2.45, 2.75) is 25.8 Å². The summed E-state index contributed by atoms with van der Waals surface area (Å²) < 4.78 is 5.25. The Morgan fingerprint density at radius 2 is 2.43 bits per heavy atom. The fraction of sp³-hybridized carbons (Fsp3) is 0.700. The van der Waals surface area contributed by atoms with Crippen LogP contribution in [0.4, 0.5) is 0 Å². The van der Waals surface area contributed by atoms with Gasteiger partial charge in [-0.15, -0.1) is 0 Å². The van der Waals surface area contributed by atoms with E-state index in [-0.39, 0.29) is 5.91 Å². The molecule has 1 heterocycles. The lowest BCUT2D eigenvalue weighted by Crippen LogP contribution is -2.49. The van der Waals surface area contributed by atoms with Crippen molar-refractivity contribution in [2.75, 3.05) is 19.8 Å². The molecule has 4 heteroatoms. The van der Waals surface area contributed by atoms with Gasteiger partial charge in [0.2, 0.25) is 5.91 Å². The molecule has 0 aromatic rings. The van der Waals surface area contributed by atoms with Crippen LogP contribution in [0.1, 0.15) is 20.3 Å². The number of nitrogens with one attached hydrogen (secondary N) is 1. The number of carbonyl (C=O) groups is 1. The average Bonchev–Trinajstić information content (AvgIpc) is 2.14. The molecule has 0 bridgehead atoms. The molecule has 0 unspecified atom stereocenters. The minimum Gasteiger partial charge on any atom is -0.377 e. The molecule has 3 N–H and O–H groups in total. The molecule has 0 aliphatic carbocycles. The van der Waals surface area contributed by atoms with Crippen LogP contribution >= 0.6 is 0 Å². The smallest absolute Gasteiger partial charge is 0.239 e. The van der Waals surface area contributed by atoms with Crippen LogP contribution in [0.25, 0.3) is 0 Å². The van der Waals surface area contributed by atoms with Gasteiger partial charge in [0.15, 0.2) is 0 Å². The Kier molecular flexibility index (Phi) is 3.66. The number of carbonyl (C=O) groups excluding carboxylic acids is 1. The fourth-order valence-corrected chi connectivity index (χ4v) is 1.15. The summed E-state index contributed by atoms with van der Waals surface area (Å²) in [4.78, 5) is 11.4. The summed E-state index contributed by atoms with van der Waals surface area (Å²) in [6.45, 7) is 5.31. The highest BCUT2D eigenvalue weighted by Crippen LogP contribution is 2.04. The molecule has 1 amide bonds. The molecule has 0 saturated carbocycles. The van der Waals surface area contributed by atoms with Gasteiger partial charge in [-0.05, 0) is 25.8 Å².